The Balaban J connectivity index is 2.22. The molecule has 0 fully saturated rings. The molecule has 0 aliphatic carbocycles. The first-order valence-corrected chi connectivity index (χ1v) is 8.65. The van der Waals surface area contributed by atoms with E-state index in [1.165, 1.54) is 7.11 Å². The maximum absolute atomic E-state index is 12.6. The highest BCUT2D eigenvalue weighted by Gasteiger charge is 2.22. The number of furan rings is 1. The summed E-state index contributed by atoms with van der Waals surface area (Å²) >= 11 is 0. The summed E-state index contributed by atoms with van der Waals surface area (Å²) in [5.41, 5.74) is 1.90. The van der Waals surface area contributed by atoms with Crippen molar-refractivity contribution in [3.05, 3.63) is 47.9 Å². The second-order valence-electron chi connectivity index (χ2n) is 5.20. The molecule has 1 aromatic carbocycles. The molecule has 1 N–H and O–H groups in total. The third kappa shape index (κ3) is 3.90. The molecule has 0 aliphatic rings. The molecule has 0 saturated heterocycles. The molecule has 120 valence electrons. The molecule has 1 atom stereocenters. The number of hydrogen-bond acceptors (Lipinski definition) is 4. The molecule has 6 heteroatoms. The highest BCUT2D eigenvalue weighted by molar-refractivity contribution is 7.89. The smallest absolute Gasteiger partial charge is 0.244 e. The molecule has 2 rings (SSSR count). The van der Waals surface area contributed by atoms with Crippen molar-refractivity contribution in [2.24, 2.45) is 0 Å². The van der Waals surface area contributed by atoms with Crippen LogP contribution in [0.15, 0.2) is 46.1 Å². The first-order valence-electron chi connectivity index (χ1n) is 7.16. The van der Waals surface area contributed by atoms with Gasteiger partial charge in [-0.05, 0) is 49.1 Å². The van der Waals surface area contributed by atoms with Crippen molar-refractivity contribution >= 4 is 10.0 Å². The van der Waals surface area contributed by atoms with E-state index in [9.17, 15) is 8.42 Å². The van der Waals surface area contributed by atoms with Gasteiger partial charge in [-0.3, -0.25) is 0 Å². The van der Waals surface area contributed by atoms with Gasteiger partial charge in [-0.25, -0.2) is 13.1 Å². The second-order valence-corrected chi connectivity index (χ2v) is 6.88. The molecule has 0 saturated carbocycles. The Morgan fingerprint density at radius 3 is 2.64 bits per heavy atom. The SMILES string of the molecule is CCc1ccc(OC)c(S(=O)(=O)NC(C)Cc2ccoc2)c1. The summed E-state index contributed by atoms with van der Waals surface area (Å²) in [6.07, 6.45) is 4.51. The van der Waals surface area contributed by atoms with E-state index in [-0.39, 0.29) is 10.9 Å². The number of hydrogen-bond donors (Lipinski definition) is 1. The highest BCUT2D eigenvalue weighted by atomic mass is 32.2. The first-order chi connectivity index (χ1) is 10.5. The quantitative estimate of drug-likeness (QED) is 0.850. The van der Waals surface area contributed by atoms with Gasteiger partial charge in [-0.1, -0.05) is 13.0 Å². The van der Waals surface area contributed by atoms with Gasteiger partial charge in [0.05, 0.1) is 19.6 Å². The summed E-state index contributed by atoms with van der Waals surface area (Å²) in [4.78, 5) is 0.174. The number of nitrogens with one attached hydrogen (secondary N) is 1. The summed E-state index contributed by atoms with van der Waals surface area (Å²) in [7, 11) is -2.18. The van der Waals surface area contributed by atoms with E-state index in [4.69, 9.17) is 9.15 Å². The predicted molar refractivity (Wildman–Crippen MR) is 84.6 cm³/mol. The van der Waals surface area contributed by atoms with E-state index in [1.807, 2.05) is 26.0 Å². The molecule has 22 heavy (non-hydrogen) atoms. The zero-order valence-corrected chi connectivity index (χ0v) is 13.8. The zero-order valence-electron chi connectivity index (χ0n) is 13.0. The lowest BCUT2D eigenvalue weighted by atomic mass is 10.1. The van der Waals surface area contributed by atoms with Crippen LogP contribution in [0.2, 0.25) is 0 Å². The summed E-state index contributed by atoms with van der Waals surface area (Å²) < 4.78 is 38.1. The summed E-state index contributed by atoms with van der Waals surface area (Å²) in [6, 6.07) is 6.79. The van der Waals surface area contributed by atoms with Crippen molar-refractivity contribution in [3.63, 3.8) is 0 Å². The van der Waals surface area contributed by atoms with Gasteiger partial charge in [-0.2, -0.15) is 0 Å². The van der Waals surface area contributed by atoms with Gasteiger partial charge < -0.3 is 9.15 Å². The number of rotatable bonds is 7. The lowest BCUT2D eigenvalue weighted by Crippen LogP contribution is -2.34. The number of ether oxygens (including phenoxy) is 1. The maximum Gasteiger partial charge on any atom is 0.244 e. The first kappa shape index (κ1) is 16.6. The fraction of sp³-hybridized carbons (Fsp3) is 0.375. The molecule has 0 bridgehead atoms. The lowest BCUT2D eigenvalue weighted by molar-refractivity contribution is 0.402. The van der Waals surface area contributed by atoms with Crippen LogP contribution in [0.4, 0.5) is 0 Å². The molecule has 0 radical (unpaired) electrons. The zero-order chi connectivity index (χ0) is 16.2. The number of methoxy groups -OCH3 is 1. The van der Waals surface area contributed by atoms with E-state index in [2.05, 4.69) is 4.72 Å². The van der Waals surface area contributed by atoms with Crippen molar-refractivity contribution in [2.75, 3.05) is 7.11 Å². The average Bonchev–Trinajstić information content (AvgIpc) is 2.98. The fourth-order valence-electron chi connectivity index (χ4n) is 2.28. The van der Waals surface area contributed by atoms with Gasteiger partial charge in [0.15, 0.2) is 0 Å². The summed E-state index contributed by atoms with van der Waals surface area (Å²) in [5, 5.41) is 0. The van der Waals surface area contributed by atoms with Crippen molar-refractivity contribution in [3.8, 4) is 5.75 Å². The van der Waals surface area contributed by atoms with Gasteiger partial charge in [-0.15, -0.1) is 0 Å². The molecule has 1 heterocycles. The van der Waals surface area contributed by atoms with Crippen LogP contribution in [0.3, 0.4) is 0 Å². The molecular formula is C16H21NO4S. The Labute approximate surface area is 131 Å². The average molecular weight is 323 g/mol. The van der Waals surface area contributed by atoms with Gasteiger partial charge in [0.1, 0.15) is 10.6 Å². The molecule has 0 spiro atoms. The van der Waals surface area contributed by atoms with Crippen molar-refractivity contribution < 1.29 is 17.6 Å². The number of sulfonamides is 1. The Bertz CT molecular complexity index is 708. The van der Waals surface area contributed by atoms with Crippen LogP contribution in [0.5, 0.6) is 5.75 Å². The third-order valence-corrected chi connectivity index (χ3v) is 5.01. The van der Waals surface area contributed by atoms with Gasteiger partial charge in [0, 0.05) is 6.04 Å². The van der Waals surface area contributed by atoms with E-state index >= 15 is 0 Å². The molecule has 0 aliphatic heterocycles. The molecular weight excluding hydrogens is 302 g/mol. The molecule has 1 unspecified atom stereocenters. The Hall–Kier alpha value is -1.79. The van der Waals surface area contributed by atoms with Crippen LogP contribution in [0.1, 0.15) is 25.0 Å². The Kier molecular flexibility index (Phi) is 5.26. The minimum atomic E-state index is -3.64. The Morgan fingerprint density at radius 2 is 2.05 bits per heavy atom. The third-order valence-electron chi connectivity index (χ3n) is 3.40. The summed E-state index contributed by atoms with van der Waals surface area (Å²) in [6.45, 7) is 3.80. The van der Waals surface area contributed by atoms with Crippen LogP contribution in [0, 0.1) is 0 Å². The van der Waals surface area contributed by atoms with Gasteiger partial charge >= 0.3 is 0 Å². The van der Waals surface area contributed by atoms with Gasteiger partial charge in [0.2, 0.25) is 10.0 Å². The van der Waals surface area contributed by atoms with E-state index < -0.39 is 10.0 Å². The molecule has 5 nitrogen and oxygen atoms in total. The number of benzene rings is 1. The lowest BCUT2D eigenvalue weighted by Gasteiger charge is -2.16. The molecule has 1 aromatic heterocycles. The molecule has 0 amide bonds. The van der Waals surface area contributed by atoms with Crippen molar-refractivity contribution in [1.82, 2.24) is 4.72 Å². The van der Waals surface area contributed by atoms with E-state index in [0.717, 1.165) is 17.5 Å². The van der Waals surface area contributed by atoms with E-state index in [1.54, 1.807) is 24.7 Å². The Morgan fingerprint density at radius 1 is 1.27 bits per heavy atom. The molecule has 2 aromatic rings. The minimum Gasteiger partial charge on any atom is -0.495 e. The van der Waals surface area contributed by atoms with Crippen LogP contribution in [0.25, 0.3) is 0 Å². The standard InChI is InChI=1S/C16H21NO4S/c1-4-13-5-6-15(20-3)16(10-13)22(18,19)17-12(2)9-14-7-8-21-11-14/h5-8,10-12,17H,4,9H2,1-3H3. The summed E-state index contributed by atoms with van der Waals surface area (Å²) in [5.74, 6) is 0.347. The highest BCUT2D eigenvalue weighted by Crippen LogP contribution is 2.25. The predicted octanol–water partition coefficient (Wildman–Crippen LogP) is 2.76. The topological polar surface area (TPSA) is 68.5 Å². The minimum absolute atomic E-state index is 0.174. The van der Waals surface area contributed by atoms with Crippen LogP contribution in [-0.2, 0) is 22.9 Å². The van der Waals surface area contributed by atoms with Crippen molar-refractivity contribution in [1.29, 1.82) is 0 Å². The number of aryl methyl sites for hydroxylation is 1. The van der Waals surface area contributed by atoms with Crippen molar-refractivity contribution in [2.45, 2.75) is 37.6 Å². The van der Waals surface area contributed by atoms with Crippen LogP contribution in [-0.4, -0.2) is 21.6 Å². The van der Waals surface area contributed by atoms with Crippen LogP contribution < -0.4 is 9.46 Å². The fourth-order valence-corrected chi connectivity index (χ4v) is 3.75. The monoisotopic (exact) mass is 323 g/mol. The van der Waals surface area contributed by atoms with Gasteiger partial charge in [0.25, 0.3) is 0 Å². The van der Waals surface area contributed by atoms with Crippen LogP contribution >= 0.6 is 0 Å². The maximum atomic E-state index is 12.6. The van der Waals surface area contributed by atoms with E-state index in [0.29, 0.717) is 12.2 Å². The normalized spacial score (nSPS) is 13.0. The largest absolute Gasteiger partial charge is 0.495 e. The second kappa shape index (κ2) is 6.98.